The molecule has 0 heterocycles. The van der Waals surface area contributed by atoms with Crippen molar-refractivity contribution in [2.75, 3.05) is 52.6 Å². The fourth-order valence-corrected chi connectivity index (χ4v) is 6.50. The molecule has 2 unspecified atom stereocenters. The number of ether oxygens (including phenoxy) is 2. The zero-order valence-corrected chi connectivity index (χ0v) is 53.2. The number of aliphatic hydroxyl groups is 2. The van der Waals surface area contributed by atoms with Crippen molar-refractivity contribution in [1.82, 2.24) is 21.3 Å². The lowest BCUT2D eigenvalue weighted by Crippen LogP contribution is -2.28. The second kappa shape index (κ2) is 59.0. The third-order valence-corrected chi connectivity index (χ3v) is 10.8. The predicted molar refractivity (Wildman–Crippen MR) is 319 cm³/mol. The number of carbonyl (C=O) groups excluding carboxylic acids is 2. The summed E-state index contributed by atoms with van der Waals surface area (Å²) in [4.78, 5) is 22.2. The molecule has 0 saturated carbocycles. The maximum atomic E-state index is 11.1. The van der Waals surface area contributed by atoms with Gasteiger partial charge in [-0.05, 0) is 150 Å². The molecule has 440 valence electrons. The van der Waals surface area contributed by atoms with Crippen LogP contribution in [-0.2, 0) is 19.1 Å². The summed E-state index contributed by atoms with van der Waals surface area (Å²) in [5.74, 6) is 6.34. The van der Waals surface area contributed by atoms with E-state index in [1.165, 1.54) is 64.5 Å². The van der Waals surface area contributed by atoms with Crippen molar-refractivity contribution in [2.45, 2.75) is 280 Å². The Morgan fingerprint density at radius 2 is 0.583 bits per heavy atom. The van der Waals surface area contributed by atoms with Gasteiger partial charge in [-0.1, -0.05) is 166 Å². The van der Waals surface area contributed by atoms with Gasteiger partial charge in [-0.2, -0.15) is 0 Å². The van der Waals surface area contributed by atoms with E-state index in [2.05, 4.69) is 160 Å². The summed E-state index contributed by atoms with van der Waals surface area (Å²) in [7, 11) is 0. The summed E-state index contributed by atoms with van der Waals surface area (Å²) in [6.45, 7) is 58.2. The minimum atomic E-state index is -0.283. The van der Waals surface area contributed by atoms with Crippen LogP contribution in [-0.4, -0.2) is 98.9 Å². The van der Waals surface area contributed by atoms with E-state index in [-0.39, 0.29) is 35.9 Å². The second-order valence-electron chi connectivity index (χ2n) is 25.0. The smallest absolute Gasteiger partial charge is 0.222 e. The lowest BCUT2D eigenvalue weighted by atomic mass is 10.1. The van der Waals surface area contributed by atoms with Crippen molar-refractivity contribution < 1.29 is 29.3 Å². The lowest BCUT2D eigenvalue weighted by molar-refractivity contribution is -0.124. The van der Waals surface area contributed by atoms with E-state index in [0.717, 1.165) is 100 Å². The zero-order chi connectivity index (χ0) is 57.0. The molecule has 0 fully saturated rings. The van der Waals surface area contributed by atoms with E-state index in [4.69, 9.17) is 9.47 Å². The van der Waals surface area contributed by atoms with Gasteiger partial charge in [0.2, 0.25) is 11.8 Å². The Hall–Kier alpha value is -1.30. The van der Waals surface area contributed by atoms with E-state index in [0.29, 0.717) is 37.1 Å². The summed E-state index contributed by atoms with van der Waals surface area (Å²) >= 11 is 0. The Morgan fingerprint density at radius 1 is 0.347 bits per heavy atom. The van der Waals surface area contributed by atoms with Gasteiger partial charge in [-0.3, -0.25) is 9.59 Å². The molecule has 0 aromatic heterocycles. The molecule has 0 radical (unpaired) electrons. The van der Waals surface area contributed by atoms with Gasteiger partial charge in [-0.25, -0.2) is 0 Å². The SMILES string of the molecule is CC(C)CCCNC(=O)C(C)C.CC(C)CCCNC(=O)C(C)C.CC(C)CCCNC(C)C.CC(C)CCCNC(C)C.CC(C)CCCOCC(O)CC(C)C.CC(C)CCCOCC(O)CC(C)C. The van der Waals surface area contributed by atoms with Crippen LogP contribution in [0.15, 0.2) is 0 Å². The Labute approximate surface area is 452 Å². The average molecular weight is 1030 g/mol. The molecule has 0 bridgehead atoms. The van der Waals surface area contributed by atoms with Gasteiger partial charge in [0, 0.05) is 50.2 Å². The normalized spacial score (nSPS) is 12.2. The van der Waals surface area contributed by atoms with Crippen LogP contribution in [0.2, 0.25) is 0 Å². The Balaban J connectivity index is -0.000000182. The molecular formula is C62H136N4O6. The van der Waals surface area contributed by atoms with Crippen LogP contribution in [0, 0.1) is 59.2 Å². The maximum Gasteiger partial charge on any atom is 0.222 e. The second-order valence-corrected chi connectivity index (χ2v) is 25.0. The molecule has 0 aliphatic carbocycles. The standard InChI is InChI=1S/2C12H26O2.2C10H21NO.2C9H21N/c2*1-10(2)6-5-7-14-9-12(13)8-11(3)4;2*1-8(2)6-5-7-11-10(12)9(3)4;2*1-8(2)6-5-7-10-9(3)4/h2*10-13H,5-9H2,1-4H3;2*8-9H,5-7H2,1-4H3,(H,11,12);2*8-10H,5-7H2,1-4H3. The van der Waals surface area contributed by atoms with Crippen molar-refractivity contribution in [3.8, 4) is 0 Å². The summed E-state index contributed by atoms with van der Waals surface area (Å²) in [5.41, 5.74) is 0. The van der Waals surface area contributed by atoms with E-state index in [1.807, 2.05) is 27.7 Å². The number of carbonyl (C=O) groups is 2. The van der Waals surface area contributed by atoms with Crippen LogP contribution in [0.5, 0.6) is 0 Å². The third-order valence-electron chi connectivity index (χ3n) is 10.8. The van der Waals surface area contributed by atoms with E-state index in [9.17, 15) is 19.8 Å². The fourth-order valence-electron chi connectivity index (χ4n) is 6.50. The molecular weight excluding hydrogens is 897 g/mol. The summed E-state index contributed by atoms with van der Waals surface area (Å²) < 4.78 is 10.8. The van der Waals surface area contributed by atoms with Crippen molar-refractivity contribution in [2.24, 2.45) is 59.2 Å². The Bertz CT molecular complexity index is 960. The molecule has 0 spiro atoms. The molecule has 0 aromatic rings. The minimum Gasteiger partial charge on any atom is -0.391 e. The number of amides is 2. The van der Waals surface area contributed by atoms with Gasteiger partial charge in [0.05, 0.1) is 25.4 Å². The monoisotopic (exact) mass is 1030 g/mol. The van der Waals surface area contributed by atoms with Crippen LogP contribution in [0.3, 0.4) is 0 Å². The van der Waals surface area contributed by atoms with Crippen LogP contribution in [0.25, 0.3) is 0 Å². The van der Waals surface area contributed by atoms with Gasteiger partial charge in [0.25, 0.3) is 0 Å². The third kappa shape index (κ3) is 91.4. The highest BCUT2D eigenvalue weighted by Crippen LogP contribution is 2.09. The molecule has 2 amide bonds. The van der Waals surface area contributed by atoms with Crippen LogP contribution in [0.4, 0.5) is 0 Å². The Morgan fingerprint density at radius 3 is 0.792 bits per heavy atom. The van der Waals surface area contributed by atoms with Crippen LogP contribution >= 0.6 is 0 Å². The highest BCUT2D eigenvalue weighted by atomic mass is 16.5. The fraction of sp³-hybridized carbons (Fsp3) is 0.968. The van der Waals surface area contributed by atoms with Crippen molar-refractivity contribution in [3.05, 3.63) is 0 Å². The molecule has 0 aliphatic rings. The number of nitrogens with one attached hydrogen (secondary N) is 4. The quantitative estimate of drug-likeness (QED) is 0.0341. The first-order chi connectivity index (χ1) is 33.4. The predicted octanol–water partition coefficient (Wildman–Crippen LogP) is 14.9. The molecule has 0 rings (SSSR count). The molecule has 0 saturated heterocycles. The molecule has 6 N–H and O–H groups in total. The van der Waals surface area contributed by atoms with Crippen LogP contribution in [0.1, 0.15) is 256 Å². The molecule has 0 aromatic carbocycles. The summed E-state index contributed by atoms with van der Waals surface area (Å²) in [5, 5.41) is 31.6. The Kier molecular flexibility index (Phi) is 67.2. The first kappa shape index (κ1) is 82.0. The van der Waals surface area contributed by atoms with E-state index >= 15 is 0 Å². The first-order valence-corrected chi connectivity index (χ1v) is 29.9. The first-order valence-electron chi connectivity index (χ1n) is 29.9. The zero-order valence-electron chi connectivity index (χ0n) is 53.2. The molecule has 0 aliphatic heterocycles. The number of rotatable bonds is 36. The highest BCUT2D eigenvalue weighted by Gasteiger charge is 2.09. The molecule has 10 nitrogen and oxygen atoms in total. The van der Waals surface area contributed by atoms with Gasteiger partial charge < -0.3 is 41.0 Å². The van der Waals surface area contributed by atoms with Gasteiger partial charge in [-0.15, -0.1) is 0 Å². The van der Waals surface area contributed by atoms with Crippen LogP contribution < -0.4 is 21.3 Å². The number of hydrogen-bond acceptors (Lipinski definition) is 8. The molecule has 2 atom stereocenters. The lowest BCUT2D eigenvalue weighted by Gasteiger charge is -2.13. The number of aliphatic hydroxyl groups excluding tert-OH is 2. The minimum absolute atomic E-state index is 0.115. The molecule has 72 heavy (non-hydrogen) atoms. The van der Waals surface area contributed by atoms with Crippen molar-refractivity contribution in [3.63, 3.8) is 0 Å². The average Bonchev–Trinajstić information content (AvgIpc) is 3.23. The van der Waals surface area contributed by atoms with Gasteiger partial charge in [0.1, 0.15) is 0 Å². The van der Waals surface area contributed by atoms with Gasteiger partial charge in [0.15, 0.2) is 0 Å². The summed E-state index contributed by atoms with van der Waals surface area (Å²) in [6, 6.07) is 1.29. The highest BCUT2D eigenvalue weighted by molar-refractivity contribution is 5.78. The topological polar surface area (TPSA) is 141 Å². The maximum absolute atomic E-state index is 11.1. The van der Waals surface area contributed by atoms with E-state index < -0.39 is 0 Å². The summed E-state index contributed by atoms with van der Waals surface area (Å²) in [6.07, 6.45) is 15.6. The number of hydrogen-bond donors (Lipinski definition) is 6. The van der Waals surface area contributed by atoms with E-state index in [1.54, 1.807) is 0 Å². The van der Waals surface area contributed by atoms with Crippen molar-refractivity contribution in [1.29, 1.82) is 0 Å². The molecule has 10 heteroatoms. The largest absolute Gasteiger partial charge is 0.391 e. The van der Waals surface area contributed by atoms with Crippen molar-refractivity contribution >= 4 is 11.8 Å². The van der Waals surface area contributed by atoms with Gasteiger partial charge >= 0.3 is 0 Å².